The van der Waals surface area contributed by atoms with Gasteiger partial charge in [-0.3, -0.25) is 4.79 Å². The van der Waals surface area contributed by atoms with Crippen molar-refractivity contribution in [2.45, 2.75) is 38.6 Å². The Labute approximate surface area is 198 Å². The van der Waals surface area contributed by atoms with Crippen LogP contribution in [0.5, 0.6) is 0 Å². The van der Waals surface area contributed by atoms with E-state index in [1.165, 1.54) is 28.1 Å². The maximum Gasteiger partial charge on any atom is 0.251 e. The highest BCUT2D eigenvalue weighted by molar-refractivity contribution is 5.94. The van der Waals surface area contributed by atoms with Gasteiger partial charge < -0.3 is 15.1 Å². The van der Waals surface area contributed by atoms with Crippen LogP contribution in [0.1, 0.15) is 53.9 Å². The number of nitrogens with one attached hydrogen (secondary N) is 1. The molecule has 1 unspecified atom stereocenters. The smallest absolute Gasteiger partial charge is 0.251 e. The summed E-state index contributed by atoms with van der Waals surface area (Å²) < 4.78 is 0. The third-order valence-electron chi connectivity index (χ3n) is 6.56. The van der Waals surface area contributed by atoms with E-state index in [0.29, 0.717) is 12.1 Å². The van der Waals surface area contributed by atoms with Gasteiger partial charge >= 0.3 is 0 Å². The second kappa shape index (κ2) is 9.30. The molecule has 4 nitrogen and oxygen atoms in total. The van der Waals surface area contributed by atoms with Gasteiger partial charge in [-0.25, -0.2) is 0 Å². The highest BCUT2D eigenvalue weighted by Gasteiger charge is 2.27. The Bertz CT molecular complexity index is 1090. The van der Waals surface area contributed by atoms with Crippen LogP contribution in [0.4, 0.5) is 11.4 Å². The summed E-state index contributed by atoms with van der Waals surface area (Å²) in [4.78, 5) is 17.5. The zero-order chi connectivity index (χ0) is 23.6. The number of fused-ring (bicyclic) bond motifs is 1. The van der Waals surface area contributed by atoms with Crippen molar-refractivity contribution in [1.82, 2.24) is 5.32 Å². The Balaban J connectivity index is 1.56. The fraction of sp³-hybridized carbons (Fsp3) is 0.345. The summed E-state index contributed by atoms with van der Waals surface area (Å²) in [6.07, 6.45) is 1.03. The average molecular weight is 442 g/mol. The minimum absolute atomic E-state index is 0.0298. The predicted molar refractivity (Wildman–Crippen MR) is 138 cm³/mol. The molecule has 1 amide bonds. The molecule has 1 N–H and O–H groups in total. The van der Waals surface area contributed by atoms with Crippen LogP contribution in [0, 0.1) is 0 Å². The molecule has 0 spiro atoms. The fourth-order valence-corrected chi connectivity index (χ4v) is 4.50. The zero-order valence-corrected chi connectivity index (χ0v) is 20.4. The summed E-state index contributed by atoms with van der Waals surface area (Å²) in [6, 6.07) is 25.3. The first-order valence-corrected chi connectivity index (χ1v) is 11.7. The van der Waals surface area contributed by atoms with E-state index < -0.39 is 0 Å². The van der Waals surface area contributed by atoms with Gasteiger partial charge in [0.25, 0.3) is 5.91 Å². The summed E-state index contributed by atoms with van der Waals surface area (Å²) in [5, 5.41) is 3.21. The fourth-order valence-electron chi connectivity index (χ4n) is 4.50. The van der Waals surface area contributed by atoms with Crippen molar-refractivity contribution in [2.24, 2.45) is 0 Å². The molecule has 0 radical (unpaired) electrons. The van der Waals surface area contributed by atoms with Crippen LogP contribution in [0.25, 0.3) is 0 Å². The summed E-state index contributed by atoms with van der Waals surface area (Å²) in [6.45, 7) is 8.05. The molecule has 0 aliphatic carbocycles. The maximum absolute atomic E-state index is 13.0. The summed E-state index contributed by atoms with van der Waals surface area (Å²) in [7, 11) is 4.10. The van der Waals surface area contributed by atoms with Crippen LogP contribution in [0.2, 0.25) is 0 Å². The van der Waals surface area contributed by atoms with Crippen molar-refractivity contribution in [3.05, 3.63) is 95.1 Å². The van der Waals surface area contributed by atoms with Gasteiger partial charge in [0.1, 0.15) is 0 Å². The van der Waals surface area contributed by atoms with Gasteiger partial charge in [-0.1, -0.05) is 63.2 Å². The standard InChI is InChI=1S/C29H35N3O/c1-29(2,3)24-14-10-23(11-15-24)28(33)30-20-27(22-12-16-25(17-13-22)31(4)5)32-19-18-21-8-6-7-9-26(21)32/h6-17,27H,18-20H2,1-5H3,(H,30,33). The Morgan fingerprint density at radius 2 is 1.64 bits per heavy atom. The molecule has 1 atom stereocenters. The van der Waals surface area contributed by atoms with Crippen molar-refractivity contribution in [3.63, 3.8) is 0 Å². The van der Waals surface area contributed by atoms with E-state index in [4.69, 9.17) is 0 Å². The van der Waals surface area contributed by atoms with E-state index in [-0.39, 0.29) is 17.4 Å². The molecule has 1 heterocycles. The summed E-state index contributed by atoms with van der Waals surface area (Å²) in [5.74, 6) is -0.0298. The van der Waals surface area contributed by atoms with Crippen molar-refractivity contribution in [2.75, 3.05) is 37.0 Å². The van der Waals surface area contributed by atoms with Gasteiger partial charge in [-0.2, -0.15) is 0 Å². The molecule has 3 aromatic rings. The number of hydrogen-bond acceptors (Lipinski definition) is 3. The number of benzene rings is 3. The first-order chi connectivity index (χ1) is 15.7. The second-order valence-corrected chi connectivity index (χ2v) is 10.1. The number of carbonyl (C=O) groups is 1. The lowest BCUT2D eigenvalue weighted by molar-refractivity contribution is 0.0951. The van der Waals surface area contributed by atoms with Crippen LogP contribution in [0.3, 0.4) is 0 Å². The van der Waals surface area contributed by atoms with Crippen LogP contribution in [-0.2, 0) is 11.8 Å². The predicted octanol–water partition coefficient (Wildman–Crippen LogP) is 5.58. The molecule has 33 heavy (non-hydrogen) atoms. The van der Waals surface area contributed by atoms with Crippen molar-refractivity contribution in [3.8, 4) is 0 Å². The first-order valence-electron chi connectivity index (χ1n) is 11.7. The average Bonchev–Trinajstić information content (AvgIpc) is 3.23. The molecule has 0 saturated carbocycles. The number of amides is 1. The van der Waals surface area contributed by atoms with E-state index in [2.05, 4.69) is 96.6 Å². The van der Waals surface area contributed by atoms with Crippen molar-refractivity contribution >= 4 is 17.3 Å². The van der Waals surface area contributed by atoms with E-state index in [1.54, 1.807) is 0 Å². The number of para-hydroxylation sites is 1. The third-order valence-corrected chi connectivity index (χ3v) is 6.56. The van der Waals surface area contributed by atoms with Crippen LogP contribution < -0.4 is 15.1 Å². The largest absolute Gasteiger partial charge is 0.378 e. The molecule has 1 aliphatic rings. The Morgan fingerprint density at radius 1 is 0.970 bits per heavy atom. The van der Waals surface area contributed by atoms with E-state index in [1.807, 2.05) is 26.2 Å². The first kappa shape index (κ1) is 22.9. The minimum Gasteiger partial charge on any atom is -0.378 e. The van der Waals surface area contributed by atoms with Gasteiger partial charge in [0.05, 0.1) is 6.04 Å². The SMILES string of the molecule is CN(C)c1ccc(C(CNC(=O)c2ccc(C(C)(C)C)cc2)N2CCc3ccccc32)cc1. The molecule has 172 valence electrons. The maximum atomic E-state index is 13.0. The van der Waals surface area contributed by atoms with Crippen LogP contribution in [-0.4, -0.2) is 33.1 Å². The van der Waals surface area contributed by atoms with Gasteiger partial charge in [-0.15, -0.1) is 0 Å². The number of nitrogens with zero attached hydrogens (tertiary/aromatic N) is 2. The van der Waals surface area contributed by atoms with Gasteiger partial charge in [0.2, 0.25) is 0 Å². The van der Waals surface area contributed by atoms with Gasteiger partial charge in [0.15, 0.2) is 0 Å². The molecule has 0 fully saturated rings. The molecule has 3 aromatic carbocycles. The lowest BCUT2D eigenvalue weighted by atomic mass is 9.87. The minimum atomic E-state index is -0.0298. The quantitative estimate of drug-likeness (QED) is 0.542. The molecule has 4 rings (SSSR count). The van der Waals surface area contributed by atoms with E-state index >= 15 is 0 Å². The second-order valence-electron chi connectivity index (χ2n) is 10.1. The Kier molecular flexibility index (Phi) is 6.46. The molecule has 0 bridgehead atoms. The number of anilines is 2. The molecular formula is C29H35N3O. The van der Waals surface area contributed by atoms with Crippen LogP contribution >= 0.6 is 0 Å². The third kappa shape index (κ3) is 5.05. The number of rotatable bonds is 6. The highest BCUT2D eigenvalue weighted by Crippen LogP contribution is 2.35. The Hall–Kier alpha value is -3.27. The molecular weight excluding hydrogens is 406 g/mol. The molecule has 0 aromatic heterocycles. The van der Waals surface area contributed by atoms with E-state index in [9.17, 15) is 4.79 Å². The highest BCUT2D eigenvalue weighted by atomic mass is 16.1. The molecule has 0 saturated heterocycles. The van der Waals surface area contributed by atoms with Crippen molar-refractivity contribution in [1.29, 1.82) is 0 Å². The van der Waals surface area contributed by atoms with E-state index in [0.717, 1.165) is 13.0 Å². The molecule has 4 heteroatoms. The van der Waals surface area contributed by atoms with Crippen LogP contribution in [0.15, 0.2) is 72.8 Å². The van der Waals surface area contributed by atoms with Gasteiger partial charge in [0, 0.05) is 44.1 Å². The Morgan fingerprint density at radius 3 is 2.27 bits per heavy atom. The number of carbonyl (C=O) groups excluding carboxylic acids is 1. The summed E-state index contributed by atoms with van der Waals surface area (Å²) >= 11 is 0. The number of hydrogen-bond donors (Lipinski definition) is 1. The van der Waals surface area contributed by atoms with Crippen molar-refractivity contribution < 1.29 is 4.79 Å². The summed E-state index contributed by atoms with van der Waals surface area (Å²) in [5.41, 5.74) is 7.02. The normalized spacial score (nSPS) is 14.0. The lowest BCUT2D eigenvalue weighted by Gasteiger charge is -2.31. The molecule has 1 aliphatic heterocycles. The monoisotopic (exact) mass is 441 g/mol. The zero-order valence-electron chi connectivity index (χ0n) is 20.4. The topological polar surface area (TPSA) is 35.6 Å². The lowest BCUT2D eigenvalue weighted by Crippen LogP contribution is -2.37. The van der Waals surface area contributed by atoms with Gasteiger partial charge in [-0.05, 0) is 58.9 Å².